The Labute approximate surface area is 279 Å². The van der Waals surface area contributed by atoms with Crippen LogP contribution in [-0.4, -0.2) is 59.1 Å². The van der Waals surface area contributed by atoms with Crippen molar-refractivity contribution < 1.29 is 18.0 Å². The minimum atomic E-state index is -1.22. The smallest absolute Gasteiger partial charge is 0.281 e. The van der Waals surface area contributed by atoms with E-state index in [1.54, 1.807) is 36.0 Å². The Morgan fingerprint density at radius 2 is 1.77 bits per heavy atom. The fourth-order valence-electron chi connectivity index (χ4n) is 6.96. The first-order valence-electron chi connectivity index (χ1n) is 15.1. The van der Waals surface area contributed by atoms with E-state index >= 15 is 13.2 Å². The second-order valence-electron chi connectivity index (χ2n) is 12.5. The number of halogens is 5. The van der Waals surface area contributed by atoms with Crippen LogP contribution in [0.15, 0.2) is 41.8 Å². The van der Waals surface area contributed by atoms with Crippen LogP contribution >= 0.6 is 23.2 Å². The number of anilines is 3. The highest BCUT2D eigenvalue weighted by Gasteiger charge is 2.42. The topological polar surface area (TPSA) is 87.7 Å². The van der Waals surface area contributed by atoms with Crippen molar-refractivity contribution in [1.82, 2.24) is 14.5 Å². The second kappa shape index (κ2) is 11.8. The molecule has 4 heterocycles. The van der Waals surface area contributed by atoms with E-state index in [2.05, 4.69) is 11.6 Å². The van der Waals surface area contributed by atoms with Gasteiger partial charge in [0.25, 0.3) is 5.56 Å². The number of piperazine rings is 1. The normalized spacial score (nSPS) is 17.7. The van der Waals surface area contributed by atoms with E-state index in [1.807, 2.05) is 25.7 Å². The van der Waals surface area contributed by atoms with Gasteiger partial charge in [-0.1, -0.05) is 43.6 Å². The van der Waals surface area contributed by atoms with Gasteiger partial charge in [0.2, 0.25) is 5.91 Å². The van der Waals surface area contributed by atoms with Gasteiger partial charge in [-0.15, -0.1) is 0 Å². The van der Waals surface area contributed by atoms with E-state index in [-0.39, 0.29) is 52.1 Å². The molecule has 2 N–H and O–H groups in total. The Kier molecular flexibility index (Phi) is 8.20. The van der Waals surface area contributed by atoms with Gasteiger partial charge in [-0.3, -0.25) is 19.1 Å². The highest BCUT2D eigenvalue weighted by molar-refractivity contribution is 6.37. The number of pyridine rings is 2. The van der Waals surface area contributed by atoms with Crippen LogP contribution in [0, 0.1) is 24.4 Å². The zero-order valence-electron chi connectivity index (χ0n) is 26.5. The number of aromatic nitrogens is 2. The van der Waals surface area contributed by atoms with E-state index in [9.17, 15) is 9.59 Å². The molecule has 2 atom stereocenters. The van der Waals surface area contributed by atoms with Crippen molar-refractivity contribution in [2.24, 2.45) is 0 Å². The van der Waals surface area contributed by atoms with Gasteiger partial charge in [0.15, 0.2) is 11.6 Å². The summed E-state index contributed by atoms with van der Waals surface area (Å²) in [6.07, 6.45) is 2.86. The lowest BCUT2D eigenvalue weighted by atomic mass is 9.95. The van der Waals surface area contributed by atoms with Crippen molar-refractivity contribution in [3.05, 3.63) is 86.2 Å². The Balaban J connectivity index is 1.79. The number of hydrogen-bond donors (Lipinski definition) is 1. The number of carbonyl (C=O) groups excluding carboxylic acids is 1. The Morgan fingerprint density at radius 3 is 2.43 bits per heavy atom. The monoisotopic (exact) mass is 684 g/mol. The van der Waals surface area contributed by atoms with E-state index in [0.29, 0.717) is 35.7 Å². The van der Waals surface area contributed by atoms with Crippen LogP contribution in [0.3, 0.4) is 0 Å². The molecule has 1 fully saturated rings. The highest BCUT2D eigenvalue weighted by atomic mass is 35.5. The molecule has 0 aliphatic carbocycles. The van der Waals surface area contributed by atoms with E-state index in [4.69, 9.17) is 28.9 Å². The predicted molar refractivity (Wildman–Crippen MR) is 182 cm³/mol. The van der Waals surface area contributed by atoms with Gasteiger partial charge < -0.3 is 20.4 Å². The largest absolute Gasteiger partial charge is 0.397 e. The molecule has 246 valence electrons. The van der Waals surface area contributed by atoms with Crippen LogP contribution in [0.5, 0.6) is 0 Å². The number of nitrogen functional groups attached to an aromatic ring is 1. The molecule has 1 amide bonds. The zero-order valence-corrected chi connectivity index (χ0v) is 28.0. The van der Waals surface area contributed by atoms with Gasteiger partial charge in [-0.05, 0) is 49.6 Å². The van der Waals surface area contributed by atoms with Crippen molar-refractivity contribution in [1.29, 1.82) is 0 Å². The molecule has 6 rings (SSSR count). The summed E-state index contributed by atoms with van der Waals surface area (Å²) in [6.45, 7) is 12.0. The van der Waals surface area contributed by atoms with Crippen LogP contribution in [-0.2, 0) is 4.79 Å². The zero-order chi connectivity index (χ0) is 34.2. The lowest BCUT2D eigenvalue weighted by Crippen LogP contribution is -2.64. The fourth-order valence-corrected chi connectivity index (χ4v) is 7.42. The van der Waals surface area contributed by atoms with Gasteiger partial charge in [0, 0.05) is 49.9 Å². The second-order valence-corrected chi connectivity index (χ2v) is 13.3. The third kappa shape index (κ3) is 4.93. The molecule has 0 spiro atoms. The van der Waals surface area contributed by atoms with Crippen molar-refractivity contribution in [3.63, 3.8) is 0 Å². The molecule has 0 saturated carbocycles. The van der Waals surface area contributed by atoms with E-state index in [0.717, 1.165) is 12.1 Å². The molecule has 1 saturated heterocycles. The van der Waals surface area contributed by atoms with Gasteiger partial charge in [-0.25, -0.2) is 13.2 Å². The van der Waals surface area contributed by atoms with Crippen molar-refractivity contribution in [2.75, 3.05) is 42.2 Å². The first kappa shape index (κ1) is 32.7. The third-order valence-corrected chi connectivity index (χ3v) is 9.73. The molecule has 8 nitrogen and oxygen atoms in total. The van der Waals surface area contributed by atoms with Crippen LogP contribution in [0.1, 0.15) is 37.9 Å². The summed E-state index contributed by atoms with van der Waals surface area (Å²) in [5.41, 5.74) is 5.39. The highest BCUT2D eigenvalue weighted by Crippen LogP contribution is 2.47. The standard InChI is InChI=1S/C34H33Cl2F3N6O2/c1-7-23(46)43-14-18-13-42(6)33-32(44(18)12-17(43)5)19-10-22(37)24(25-26(38)20(35)11-21(36)28(25)40)27(39)31(19)45(34(33)47)30-16(4)8-9-41-29(30)15(2)3/h7-11,15,17-18H,1,12-14,40H2,2-6H3. The quantitative estimate of drug-likeness (QED) is 0.144. The number of aryl methyl sites for hydroxylation is 1. The molecular formula is C34H33Cl2F3N6O2. The molecule has 2 aromatic carbocycles. The number of nitrogens with zero attached hydrogens (tertiary/aromatic N) is 5. The summed E-state index contributed by atoms with van der Waals surface area (Å²) in [5.74, 6) is -3.93. The van der Waals surface area contributed by atoms with E-state index in [1.165, 1.54) is 10.6 Å². The molecule has 2 aliphatic rings. The molecular weight excluding hydrogens is 652 g/mol. The molecule has 2 aromatic heterocycles. The van der Waals surface area contributed by atoms with Gasteiger partial charge in [0.05, 0.1) is 49.9 Å². The van der Waals surface area contributed by atoms with Crippen molar-refractivity contribution in [3.8, 4) is 16.8 Å². The maximum Gasteiger partial charge on any atom is 0.281 e. The molecule has 2 aliphatic heterocycles. The predicted octanol–water partition coefficient (Wildman–Crippen LogP) is 6.83. The average Bonchev–Trinajstić information content (AvgIpc) is 3.01. The Hall–Kier alpha value is -4.22. The first-order valence-corrected chi connectivity index (χ1v) is 15.9. The number of carbonyl (C=O) groups is 1. The SMILES string of the molecule is C=CC(=O)N1CC2CN(C)c3c(c4cc(F)c(-c5c(N)c(Cl)cc(Cl)c5F)c(F)c4n(-c4c(C)ccnc4C(C)C)c3=O)N2CC1C. The summed E-state index contributed by atoms with van der Waals surface area (Å²) in [7, 11) is 1.73. The number of fused-ring (bicyclic) bond motifs is 5. The molecule has 2 unspecified atom stereocenters. The number of benzene rings is 2. The molecule has 0 bridgehead atoms. The maximum atomic E-state index is 17.4. The maximum absolute atomic E-state index is 17.4. The number of amides is 1. The molecule has 4 aromatic rings. The van der Waals surface area contributed by atoms with Crippen LogP contribution in [0.4, 0.5) is 30.2 Å². The average molecular weight is 686 g/mol. The number of likely N-dealkylation sites (N-methyl/N-ethyl adjacent to an activating group) is 1. The van der Waals surface area contributed by atoms with Crippen LogP contribution in [0.25, 0.3) is 27.7 Å². The Morgan fingerprint density at radius 1 is 1.06 bits per heavy atom. The number of nitrogens with two attached hydrogens (primary N) is 1. The fraction of sp³-hybridized carbons (Fsp3) is 0.324. The van der Waals surface area contributed by atoms with E-state index < -0.39 is 44.8 Å². The third-order valence-electron chi connectivity index (χ3n) is 9.14. The number of hydrogen-bond acceptors (Lipinski definition) is 6. The lowest BCUT2D eigenvalue weighted by molar-refractivity contribution is -0.128. The van der Waals surface area contributed by atoms with Gasteiger partial charge in [0.1, 0.15) is 11.5 Å². The van der Waals surface area contributed by atoms with Gasteiger partial charge >= 0.3 is 0 Å². The number of rotatable bonds is 4. The van der Waals surface area contributed by atoms with Crippen LogP contribution in [0.2, 0.25) is 10.0 Å². The first-order chi connectivity index (χ1) is 22.2. The minimum absolute atomic E-state index is 0.0793. The minimum Gasteiger partial charge on any atom is -0.397 e. The molecule has 47 heavy (non-hydrogen) atoms. The summed E-state index contributed by atoms with van der Waals surface area (Å²) < 4.78 is 50.7. The lowest BCUT2D eigenvalue weighted by Gasteiger charge is -2.51. The summed E-state index contributed by atoms with van der Waals surface area (Å²) >= 11 is 12.3. The van der Waals surface area contributed by atoms with Crippen molar-refractivity contribution in [2.45, 2.75) is 45.7 Å². The Bertz CT molecular complexity index is 2040. The summed E-state index contributed by atoms with van der Waals surface area (Å²) in [4.78, 5) is 37.5. The molecule has 13 heteroatoms. The van der Waals surface area contributed by atoms with Gasteiger partial charge in [-0.2, -0.15) is 0 Å². The molecule has 0 radical (unpaired) electrons. The van der Waals surface area contributed by atoms with Crippen LogP contribution < -0.4 is 21.1 Å². The summed E-state index contributed by atoms with van der Waals surface area (Å²) in [5, 5.41) is -0.587. The summed E-state index contributed by atoms with van der Waals surface area (Å²) in [6, 6.07) is 3.23. The van der Waals surface area contributed by atoms with Crippen molar-refractivity contribution >= 4 is 57.1 Å².